The molecule has 9 rings (SSSR count). The molecule has 7 aromatic rings. The molecule has 0 saturated carbocycles. The van der Waals surface area contributed by atoms with Crippen molar-refractivity contribution in [1.82, 2.24) is 0 Å². The number of benzene rings is 7. The quantitative estimate of drug-likeness (QED) is 0.149. The highest BCUT2D eigenvalue weighted by molar-refractivity contribution is 6.03. The largest absolute Gasteiger partial charge is 0.311 e. The van der Waals surface area contributed by atoms with Gasteiger partial charge in [-0.3, -0.25) is 0 Å². The van der Waals surface area contributed by atoms with Gasteiger partial charge in [-0.25, -0.2) is 0 Å². The van der Waals surface area contributed by atoms with Crippen LogP contribution in [0.4, 0.5) is 11.4 Å². The van der Waals surface area contributed by atoms with Crippen molar-refractivity contribution in [2.24, 2.45) is 0 Å². The van der Waals surface area contributed by atoms with E-state index in [0.29, 0.717) is 5.92 Å². The molecule has 0 spiro atoms. The van der Waals surface area contributed by atoms with E-state index >= 15 is 0 Å². The van der Waals surface area contributed by atoms with Crippen LogP contribution in [0, 0.1) is 12.3 Å². The van der Waals surface area contributed by atoms with Gasteiger partial charge in [0.1, 0.15) is 0 Å². The lowest BCUT2D eigenvalue weighted by Crippen LogP contribution is -2.26. The van der Waals surface area contributed by atoms with Crippen LogP contribution in [0.15, 0.2) is 187 Å². The third-order valence-corrected chi connectivity index (χ3v) is 11.7. The summed E-state index contributed by atoms with van der Waals surface area (Å²) in [6, 6.07) is 57.4. The summed E-state index contributed by atoms with van der Waals surface area (Å²) in [6.07, 6.45) is 16.0. The average Bonchev–Trinajstić information content (AvgIpc) is 3.48. The molecule has 0 saturated heterocycles. The topological polar surface area (TPSA) is 3.24 Å². The van der Waals surface area contributed by atoms with Gasteiger partial charge in [0.15, 0.2) is 0 Å². The zero-order valence-corrected chi connectivity index (χ0v) is 31.6. The molecule has 1 atom stereocenters. The van der Waals surface area contributed by atoms with Crippen LogP contribution in [0.25, 0.3) is 50.2 Å². The van der Waals surface area contributed by atoms with Crippen LogP contribution < -0.4 is 4.90 Å². The van der Waals surface area contributed by atoms with Gasteiger partial charge in [0, 0.05) is 34.0 Å². The second-order valence-electron chi connectivity index (χ2n) is 15.1. The Balaban J connectivity index is 1.19. The van der Waals surface area contributed by atoms with E-state index in [2.05, 4.69) is 207 Å². The number of terminal acetylenes is 1. The number of allylic oxidation sites excluding steroid dienone is 4. The summed E-state index contributed by atoms with van der Waals surface area (Å²) in [5.74, 6) is 3.31. The maximum Gasteiger partial charge on any atom is 0.0465 e. The Morgan fingerprint density at radius 1 is 0.636 bits per heavy atom. The fourth-order valence-electron chi connectivity index (χ4n) is 9.16. The summed E-state index contributed by atoms with van der Waals surface area (Å²) in [5.41, 5.74) is 16.9. The minimum atomic E-state index is -0.118. The van der Waals surface area contributed by atoms with Gasteiger partial charge in [0.25, 0.3) is 0 Å². The standard InChI is InChI=1S/C54H43N/c1-5-17-43-37(6-2)36-50(47-23-13-12-22-46(43)47)40-30-34-42(35-31-40)55(52-27-16-25-49-48-24-14-15-26-51(48)54(3,4)53(49)52)41-32-28-39(29-33-41)45-21-11-10-20-44(45)38-18-8-7-9-19-38/h2,5,7-24,26-36,49H,25H2,1,3-4H3/b17-5-. The van der Waals surface area contributed by atoms with E-state index in [1.165, 1.54) is 55.4 Å². The van der Waals surface area contributed by atoms with Crippen molar-refractivity contribution >= 4 is 28.2 Å². The number of fused-ring (bicyclic) bond motifs is 4. The molecule has 1 unspecified atom stereocenters. The van der Waals surface area contributed by atoms with Crippen LogP contribution in [0.5, 0.6) is 0 Å². The molecule has 0 aromatic heterocycles. The molecule has 0 aliphatic heterocycles. The maximum atomic E-state index is 6.11. The summed E-state index contributed by atoms with van der Waals surface area (Å²) in [5, 5.41) is 2.36. The molecule has 1 nitrogen and oxygen atoms in total. The number of nitrogens with zero attached hydrogens (tertiary/aromatic N) is 1. The fraction of sp³-hybridized carbons (Fsp3) is 0.111. The normalized spacial score (nSPS) is 15.6. The van der Waals surface area contributed by atoms with Crippen molar-refractivity contribution in [1.29, 1.82) is 0 Å². The molecule has 0 radical (unpaired) electrons. The molecule has 55 heavy (non-hydrogen) atoms. The third kappa shape index (κ3) is 5.83. The number of anilines is 2. The Labute approximate surface area is 325 Å². The van der Waals surface area contributed by atoms with E-state index in [1.807, 2.05) is 6.92 Å². The highest BCUT2D eigenvalue weighted by Crippen LogP contribution is 2.56. The van der Waals surface area contributed by atoms with Gasteiger partial charge in [0.05, 0.1) is 0 Å². The number of rotatable bonds is 7. The van der Waals surface area contributed by atoms with Crippen molar-refractivity contribution in [2.75, 3.05) is 4.90 Å². The minimum Gasteiger partial charge on any atom is -0.311 e. The number of hydrogen-bond acceptors (Lipinski definition) is 1. The summed E-state index contributed by atoms with van der Waals surface area (Å²) in [6.45, 7) is 6.84. The highest BCUT2D eigenvalue weighted by Gasteiger charge is 2.44. The van der Waals surface area contributed by atoms with Gasteiger partial charge in [-0.05, 0) is 116 Å². The first-order valence-electron chi connectivity index (χ1n) is 19.3. The molecular formula is C54H43N. The molecule has 7 aromatic carbocycles. The van der Waals surface area contributed by atoms with Crippen LogP contribution in [-0.2, 0) is 5.41 Å². The zero-order valence-electron chi connectivity index (χ0n) is 31.6. The Bertz CT molecular complexity index is 2700. The fourth-order valence-corrected chi connectivity index (χ4v) is 9.16. The molecule has 2 aliphatic carbocycles. The van der Waals surface area contributed by atoms with E-state index in [-0.39, 0.29) is 5.41 Å². The number of hydrogen-bond donors (Lipinski definition) is 0. The first kappa shape index (κ1) is 34.2. The monoisotopic (exact) mass is 705 g/mol. The third-order valence-electron chi connectivity index (χ3n) is 11.7. The van der Waals surface area contributed by atoms with Gasteiger partial charge in [0.2, 0.25) is 0 Å². The second kappa shape index (κ2) is 14.0. The molecule has 0 fully saturated rings. The maximum absolute atomic E-state index is 6.11. The molecular weight excluding hydrogens is 663 g/mol. The zero-order chi connectivity index (χ0) is 37.5. The lowest BCUT2D eigenvalue weighted by molar-refractivity contribution is 0.602. The van der Waals surface area contributed by atoms with Gasteiger partial charge >= 0.3 is 0 Å². The van der Waals surface area contributed by atoms with Crippen LogP contribution in [-0.4, -0.2) is 0 Å². The highest BCUT2D eigenvalue weighted by atomic mass is 15.2. The minimum absolute atomic E-state index is 0.118. The van der Waals surface area contributed by atoms with E-state index < -0.39 is 0 Å². The Kier molecular flexibility index (Phi) is 8.69. The summed E-state index contributed by atoms with van der Waals surface area (Å²) in [4.78, 5) is 2.47. The molecule has 0 heterocycles. The van der Waals surface area contributed by atoms with Crippen molar-refractivity contribution < 1.29 is 0 Å². The van der Waals surface area contributed by atoms with E-state index in [0.717, 1.165) is 40.0 Å². The smallest absolute Gasteiger partial charge is 0.0465 e. The lowest BCUT2D eigenvalue weighted by atomic mass is 9.77. The van der Waals surface area contributed by atoms with E-state index in [1.54, 1.807) is 0 Å². The molecule has 1 heteroatoms. The summed E-state index contributed by atoms with van der Waals surface area (Å²) < 4.78 is 0. The van der Waals surface area contributed by atoms with Gasteiger partial charge in [-0.15, -0.1) is 6.42 Å². The summed E-state index contributed by atoms with van der Waals surface area (Å²) >= 11 is 0. The molecule has 0 N–H and O–H groups in total. The lowest BCUT2D eigenvalue weighted by Gasteiger charge is -2.36. The molecule has 2 aliphatic rings. The van der Waals surface area contributed by atoms with Crippen molar-refractivity contribution in [3.63, 3.8) is 0 Å². The van der Waals surface area contributed by atoms with Crippen LogP contribution in [0.3, 0.4) is 0 Å². The first-order valence-corrected chi connectivity index (χ1v) is 19.3. The van der Waals surface area contributed by atoms with Gasteiger partial charge in [-0.2, -0.15) is 0 Å². The van der Waals surface area contributed by atoms with E-state index in [9.17, 15) is 0 Å². The van der Waals surface area contributed by atoms with Crippen molar-refractivity contribution in [2.45, 2.75) is 38.5 Å². The predicted molar refractivity (Wildman–Crippen MR) is 234 cm³/mol. The van der Waals surface area contributed by atoms with Crippen LogP contribution in [0.1, 0.15) is 55.4 Å². The molecule has 0 bridgehead atoms. The van der Waals surface area contributed by atoms with Crippen molar-refractivity contribution in [3.05, 3.63) is 209 Å². The average molecular weight is 706 g/mol. The van der Waals surface area contributed by atoms with Gasteiger partial charge < -0.3 is 4.90 Å². The first-order chi connectivity index (χ1) is 27.0. The Morgan fingerprint density at radius 3 is 1.85 bits per heavy atom. The van der Waals surface area contributed by atoms with E-state index in [4.69, 9.17) is 6.42 Å². The van der Waals surface area contributed by atoms with Crippen LogP contribution in [0.2, 0.25) is 0 Å². The van der Waals surface area contributed by atoms with Crippen molar-refractivity contribution in [3.8, 4) is 45.7 Å². The van der Waals surface area contributed by atoms with Gasteiger partial charge in [-0.1, -0.05) is 165 Å². The second-order valence-corrected chi connectivity index (χ2v) is 15.1. The van der Waals surface area contributed by atoms with Crippen LogP contribution >= 0.6 is 0 Å². The SMILES string of the molecule is C#Cc1cc(-c2ccc(N(C3=C4C(CC=C3)c3ccccc3C4(C)C)c3ccc(-c4ccccc4-c4ccccc4)cc3)cc2)c2ccccc2c1/C=C\C. The molecule has 264 valence electrons. The Hall–Kier alpha value is -6.62. The summed E-state index contributed by atoms with van der Waals surface area (Å²) in [7, 11) is 0. The predicted octanol–water partition coefficient (Wildman–Crippen LogP) is 14.3. The molecule has 0 amide bonds. The Morgan fingerprint density at radius 2 is 1.20 bits per heavy atom.